The summed E-state index contributed by atoms with van der Waals surface area (Å²) < 4.78 is 3.55. The van der Waals surface area contributed by atoms with Crippen LogP contribution in [0, 0.1) is 5.92 Å². The summed E-state index contributed by atoms with van der Waals surface area (Å²) in [4.78, 5) is 23.5. The highest BCUT2D eigenvalue weighted by atomic mass is 35.5. The van der Waals surface area contributed by atoms with Crippen LogP contribution in [-0.4, -0.2) is 35.5 Å². The molecule has 8 nitrogen and oxygen atoms in total. The molecule has 1 fully saturated rings. The summed E-state index contributed by atoms with van der Waals surface area (Å²) in [5.74, 6) is 0.764. The number of fused-ring (bicyclic) bond motifs is 4. The van der Waals surface area contributed by atoms with E-state index in [1.165, 1.54) is 23.2 Å². The van der Waals surface area contributed by atoms with Crippen molar-refractivity contribution >= 4 is 22.9 Å². The number of pyridine rings is 2. The first kappa shape index (κ1) is 22.8. The van der Waals surface area contributed by atoms with Gasteiger partial charge in [-0.1, -0.05) is 29.8 Å². The van der Waals surface area contributed by atoms with Crippen molar-refractivity contribution in [3.05, 3.63) is 105 Å². The van der Waals surface area contributed by atoms with E-state index in [0.29, 0.717) is 16.9 Å². The van der Waals surface area contributed by atoms with E-state index < -0.39 is 0 Å². The molecule has 2 aliphatic heterocycles. The number of aryl methyl sites for hydroxylation is 1. The highest BCUT2D eigenvalue weighted by molar-refractivity contribution is 6.31. The number of nitrogens with zero attached hydrogens (tertiary/aromatic N) is 7. The summed E-state index contributed by atoms with van der Waals surface area (Å²) in [5, 5.41) is 12.2. The van der Waals surface area contributed by atoms with E-state index in [9.17, 15) is 4.79 Å². The van der Waals surface area contributed by atoms with Crippen LogP contribution < -0.4 is 5.56 Å². The number of hydrogen-bond donors (Lipinski definition) is 0. The molecule has 9 heteroatoms. The summed E-state index contributed by atoms with van der Waals surface area (Å²) in [6, 6.07) is 13.6. The molecule has 4 aromatic rings. The van der Waals surface area contributed by atoms with E-state index in [1.54, 1.807) is 16.8 Å². The Balaban J connectivity index is 1.11. The first-order valence-corrected chi connectivity index (χ1v) is 13.6. The van der Waals surface area contributed by atoms with Crippen molar-refractivity contribution in [2.45, 2.75) is 44.1 Å². The van der Waals surface area contributed by atoms with Crippen LogP contribution in [0.15, 0.2) is 76.9 Å². The minimum absolute atomic E-state index is 0.0143. The molecule has 3 unspecified atom stereocenters. The predicted molar refractivity (Wildman–Crippen MR) is 149 cm³/mol. The van der Waals surface area contributed by atoms with Gasteiger partial charge >= 0.3 is 0 Å². The van der Waals surface area contributed by atoms with Crippen molar-refractivity contribution in [2.24, 2.45) is 10.9 Å². The maximum atomic E-state index is 13.7. The molecule has 3 aromatic heterocycles. The van der Waals surface area contributed by atoms with E-state index in [0.717, 1.165) is 71.6 Å². The first-order valence-electron chi connectivity index (χ1n) is 13.2. The molecule has 1 aromatic carbocycles. The monoisotopic (exact) mass is 533 g/mol. The molecule has 1 saturated carbocycles. The molecule has 5 heterocycles. The van der Waals surface area contributed by atoms with Crippen LogP contribution in [0.5, 0.6) is 0 Å². The Morgan fingerprint density at radius 2 is 1.97 bits per heavy atom. The van der Waals surface area contributed by atoms with Crippen LogP contribution in [0.4, 0.5) is 0 Å². The van der Waals surface area contributed by atoms with Gasteiger partial charge in [-0.2, -0.15) is 4.68 Å². The number of aliphatic imine (C=N–C) groups is 1. The zero-order chi connectivity index (χ0) is 26.2. The minimum atomic E-state index is -0.0226. The van der Waals surface area contributed by atoms with E-state index in [4.69, 9.17) is 21.6 Å². The molecule has 0 spiro atoms. The number of allylic oxidation sites excluding steroid dienone is 2. The fourth-order valence-electron chi connectivity index (χ4n) is 6.57. The van der Waals surface area contributed by atoms with Crippen LogP contribution in [0.2, 0.25) is 5.02 Å². The summed E-state index contributed by atoms with van der Waals surface area (Å²) in [7, 11) is 0. The van der Waals surface area contributed by atoms with Crippen LogP contribution >= 0.6 is 11.6 Å². The molecule has 3 atom stereocenters. The number of halogens is 1. The van der Waals surface area contributed by atoms with Crippen molar-refractivity contribution in [3.8, 4) is 16.8 Å². The van der Waals surface area contributed by atoms with E-state index in [1.807, 2.05) is 22.9 Å². The minimum Gasteiger partial charge on any atom is -0.303 e. The van der Waals surface area contributed by atoms with E-state index >= 15 is 0 Å². The molecule has 4 aliphatic rings. The van der Waals surface area contributed by atoms with Crippen LogP contribution in [0.25, 0.3) is 22.4 Å². The fourth-order valence-corrected chi connectivity index (χ4v) is 6.74. The second kappa shape index (κ2) is 8.41. The summed E-state index contributed by atoms with van der Waals surface area (Å²) >= 11 is 6.37. The van der Waals surface area contributed by atoms with Gasteiger partial charge in [0.05, 0.1) is 17.4 Å². The summed E-state index contributed by atoms with van der Waals surface area (Å²) in [5.41, 5.74) is 10.4. The third-order valence-electron chi connectivity index (χ3n) is 8.52. The van der Waals surface area contributed by atoms with Crippen molar-refractivity contribution in [1.82, 2.24) is 29.8 Å². The molecule has 0 amide bonds. The molecular formula is C30H24ClN7O. The Labute approximate surface area is 229 Å². The fraction of sp³-hybridized carbons (Fsp3) is 0.267. The molecule has 39 heavy (non-hydrogen) atoms. The summed E-state index contributed by atoms with van der Waals surface area (Å²) in [6.45, 7) is 4.15. The Hall–Kier alpha value is -4.17. The number of aromatic nitrogens is 6. The average molecular weight is 534 g/mol. The van der Waals surface area contributed by atoms with Gasteiger partial charge in [0.2, 0.25) is 0 Å². The zero-order valence-corrected chi connectivity index (χ0v) is 21.8. The maximum absolute atomic E-state index is 13.7. The van der Waals surface area contributed by atoms with Crippen LogP contribution in [0.3, 0.4) is 0 Å². The topological polar surface area (TPSA) is 90.8 Å². The second-order valence-corrected chi connectivity index (χ2v) is 11.4. The molecular weight excluding hydrogens is 510 g/mol. The number of rotatable bonds is 4. The smallest absolute Gasteiger partial charge is 0.251 e. The summed E-state index contributed by atoms with van der Waals surface area (Å²) in [6.07, 6.45) is 8.15. The van der Waals surface area contributed by atoms with Crippen molar-refractivity contribution in [1.29, 1.82) is 0 Å². The predicted octanol–water partition coefficient (Wildman–Crippen LogP) is 5.13. The zero-order valence-electron chi connectivity index (χ0n) is 21.1. The highest BCUT2D eigenvalue weighted by Crippen LogP contribution is 2.60. The number of hydrogen-bond acceptors (Lipinski definition) is 6. The molecule has 192 valence electrons. The second-order valence-electron chi connectivity index (χ2n) is 10.9. The molecule has 0 saturated heterocycles. The van der Waals surface area contributed by atoms with Gasteiger partial charge in [0.15, 0.2) is 0 Å². The lowest BCUT2D eigenvalue weighted by Gasteiger charge is -2.20. The number of benzene rings is 1. The Morgan fingerprint density at radius 3 is 2.85 bits per heavy atom. The maximum Gasteiger partial charge on any atom is 0.251 e. The number of tetrazole rings is 1. The van der Waals surface area contributed by atoms with Gasteiger partial charge in [0, 0.05) is 57.9 Å². The van der Waals surface area contributed by atoms with Gasteiger partial charge in [-0.25, -0.2) is 0 Å². The normalized spacial score (nSPS) is 22.7. The largest absolute Gasteiger partial charge is 0.303 e. The standard InChI is InChI=1S/C30H24ClN7O/c1-16-2-5-24-17(8-16)3-6-25(34-24)19-9-26(32-14-19)30-23-13-22(23)28-10-18(11-29(39)38(28)30)21-12-20(31)4-7-27(21)37-15-33-35-36-37/h3-4,6-7,10-12,14-15,22-23,30H,1-2,5,8-9,13H2. The van der Waals surface area contributed by atoms with Gasteiger partial charge in [0.25, 0.3) is 5.56 Å². The van der Waals surface area contributed by atoms with Gasteiger partial charge in [0.1, 0.15) is 6.33 Å². The van der Waals surface area contributed by atoms with Gasteiger partial charge < -0.3 is 4.57 Å². The van der Waals surface area contributed by atoms with Gasteiger partial charge in [-0.05, 0) is 83.5 Å². The Kier molecular flexibility index (Phi) is 4.91. The molecule has 2 aliphatic carbocycles. The molecule has 0 bridgehead atoms. The molecule has 0 N–H and O–H groups in total. The van der Waals surface area contributed by atoms with Crippen molar-refractivity contribution < 1.29 is 0 Å². The van der Waals surface area contributed by atoms with E-state index in [2.05, 4.69) is 40.3 Å². The third kappa shape index (κ3) is 3.66. The SMILES string of the molecule is C=C1CCc2nc(C3=CN=C(C4C5CC5c5cc(-c6cc(Cl)ccc6-n6cnnn6)cc(=O)n54)C3)ccc2C1. The van der Waals surface area contributed by atoms with E-state index in [-0.39, 0.29) is 11.6 Å². The Morgan fingerprint density at radius 1 is 1.05 bits per heavy atom. The third-order valence-corrected chi connectivity index (χ3v) is 8.75. The van der Waals surface area contributed by atoms with Crippen molar-refractivity contribution in [3.63, 3.8) is 0 Å². The lowest BCUT2D eigenvalue weighted by atomic mass is 9.91. The lowest BCUT2D eigenvalue weighted by Crippen LogP contribution is -2.29. The molecule has 8 rings (SSSR count). The average Bonchev–Trinajstić information content (AvgIpc) is 3.28. The first-order chi connectivity index (χ1) is 19.0. The van der Waals surface area contributed by atoms with Gasteiger partial charge in [-0.15, -0.1) is 5.10 Å². The molecule has 0 radical (unpaired) electrons. The van der Waals surface area contributed by atoms with Crippen molar-refractivity contribution in [2.75, 3.05) is 0 Å². The Bertz CT molecular complexity index is 1820. The highest BCUT2D eigenvalue weighted by Gasteiger charge is 2.54. The lowest BCUT2D eigenvalue weighted by molar-refractivity contribution is 0.584. The van der Waals surface area contributed by atoms with Crippen LogP contribution in [0.1, 0.15) is 53.9 Å². The van der Waals surface area contributed by atoms with Gasteiger partial charge in [-0.3, -0.25) is 14.8 Å². The quantitative estimate of drug-likeness (QED) is 0.339. The van der Waals surface area contributed by atoms with Crippen LogP contribution in [-0.2, 0) is 12.8 Å².